The largest absolute Gasteiger partial charge is 0.368 e. The smallest absolute Gasteiger partial charge is 0.294 e. The molecule has 0 aliphatic carbocycles. The average Bonchev–Trinajstić information content (AvgIpc) is 2.54. The number of hydrogen-bond donors (Lipinski definition) is 0. The van der Waals surface area contributed by atoms with Crippen LogP contribution in [0.5, 0.6) is 0 Å². The number of ether oxygens (including phenoxy) is 1. The summed E-state index contributed by atoms with van der Waals surface area (Å²) in [6.45, 7) is 0.385. The normalized spacial score (nSPS) is 21.5. The molecule has 2 rings (SSSR count). The molecule has 22 heavy (non-hydrogen) atoms. The molecule has 2 atom stereocenters. The summed E-state index contributed by atoms with van der Waals surface area (Å²) in [4.78, 5) is 12.8. The molecule has 0 saturated carbocycles. The molecule has 0 bridgehead atoms. The monoisotopic (exact) mass is 379 g/mol. The molecule has 1 aromatic carbocycles. The van der Waals surface area contributed by atoms with Gasteiger partial charge < -0.3 is 9.64 Å². The minimum atomic E-state index is -3.37. The fraction of sp³-hybridized carbons (Fsp3) is 0.533. The Morgan fingerprint density at radius 2 is 2.00 bits per heavy atom. The summed E-state index contributed by atoms with van der Waals surface area (Å²) in [7, 11) is 1.05. The van der Waals surface area contributed by atoms with E-state index in [0.29, 0.717) is 22.4 Å². The standard InChI is InChI=1S/C15H17BrF3NO2/c1-20(13(21)12-4-2-3-9-22-12)15(19,14(17)18)10-5-7-11(16)8-6-10/h5-8,12,14H,2-4,9H2,1H3. The Morgan fingerprint density at radius 3 is 2.50 bits per heavy atom. The zero-order valence-electron chi connectivity index (χ0n) is 12.1. The highest BCUT2D eigenvalue weighted by molar-refractivity contribution is 9.10. The molecule has 0 N–H and O–H groups in total. The highest BCUT2D eigenvalue weighted by atomic mass is 79.9. The molecule has 0 radical (unpaired) electrons. The third-order valence-corrected chi connectivity index (χ3v) is 4.34. The molecule has 0 aromatic heterocycles. The lowest BCUT2D eigenvalue weighted by molar-refractivity contribution is -0.180. The van der Waals surface area contributed by atoms with Gasteiger partial charge in [-0.15, -0.1) is 0 Å². The van der Waals surface area contributed by atoms with E-state index in [1.165, 1.54) is 24.3 Å². The zero-order valence-corrected chi connectivity index (χ0v) is 13.7. The molecule has 1 fully saturated rings. The minimum Gasteiger partial charge on any atom is -0.368 e. The summed E-state index contributed by atoms with van der Waals surface area (Å²) < 4.78 is 47.8. The summed E-state index contributed by atoms with van der Waals surface area (Å²) in [5.74, 6) is -3.94. The number of nitrogens with zero attached hydrogens (tertiary/aromatic N) is 1. The lowest BCUT2D eigenvalue weighted by Gasteiger charge is -2.37. The van der Waals surface area contributed by atoms with Crippen molar-refractivity contribution in [2.24, 2.45) is 0 Å². The molecule has 2 unspecified atom stereocenters. The van der Waals surface area contributed by atoms with Crippen molar-refractivity contribution in [1.29, 1.82) is 0 Å². The fourth-order valence-electron chi connectivity index (χ4n) is 2.46. The van der Waals surface area contributed by atoms with Crippen molar-refractivity contribution in [1.82, 2.24) is 4.90 Å². The first kappa shape index (κ1) is 17.3. The van der Waals surface area contributed by atoms with E-state index in [9.17, 15) is 13.6 Å². The van der Waals surface area contributed by atoms with Gasteiger partial charge in [0.2, 0.25) is 0 Å². The van der Waals surface area contributed by atoms with Gasteiger partial charge in [-0.25, -0.2) is 13.2 Å². The number of likely N-dealkylation sites (N-methyl/N-ethyl adjacent to an activating group) is 1. The maximum atomic E-state index is 15.1. The van der Waals surface area contributed by atoms with E-state index in [0.717, 1.165) is 19.9 Å². The van der Waals surface area contributed by atoms with E-state index in [1.54, 1.807) is 0 Å². The molecule has 1 aromatic rings. The molecule has 122 valence electrons. The van der Waals surface area contributed by atoms with Gasteiger partial charge in [0, 0.05) is 23.7 Å². The predicted molar refractivity (Wildman–Crippen MR) is 79.3 cm³/mol. The molecule has 0 spiro atoms. The topological polar surface area (TPSA) is 29.5 Å². The first-order valence-corrected chi connectivity index (χ1v) is 7.79. The number of amides is 1. The van der Waals surface area contributed by atoms with Crippen LogP contribution in [0.1, 0.15) is 24.8 Å². The SMILES string of the molecule is CN(C(=O)C1CCCCO1)C(F)(c1ccc(Br)cc1)C(F)F. The number of carbonyl (C=O) groups excluding carboxylic acids is 1. The van der Waals surface area contributed by atoms with E-state index in [-0.39, 0.29) is 5.56 Å². The molecule has 1 saturated heterocycles. The summed E-state index contributed by atoms with van der Waals surface area (Å²) >= 11 is 3.17. The van der Waals surface area contributed by atoms with Crippen molar-refractivity contribution in [2.75, 3.05) is 13.7 Å². The highest BCUT2D eigenvalue weighted by Gasteiger charge is 2.49. The second kappa shape index (κ2) is 7.00. The van der Waals surface area contributed by atoms with Gasteiger partial charge in [0.05, 0.1) is 0 Å². The van der Waals surface area contributed by atoms with Crippen LogP contribution < -0.4 is 0 Å². The number of rotatable bonds is 4. The van der Waals surface area contributed by atoms with E-state index in [1.807, 2.05) is 0 Å². The number of carbonyl (C=O) groups is 1. The molecule has 1 aliphatic rings. The van der Waals surface area contributed by atoms with Crippen molar-refractivity contribution >= 4 is 21.8 Å². The molecular weight excluding hydrogens is 363 g/mol. The van der Waals surface area contributed by atoms with Gasteiger partial charge in [-0.05, 0) is 31.4 Å². The molecule has 1 amide bonds. The van der Waals surface area contributed by atoms with Gasteiger partial charge in [-0.3, -0.25) is 4.79 Å². The van der Waals surface area contributed by atoms with Crippen molar-refractivity contribution in [3.63, 3.8) is 0 Å². The quantitative estimate of drug-likeness (QED) is 0.743. The Labute approximate surface area is 135 Å². The maximum absolute atomic E-state index is 15.1. The van der Waals surface area contributed by atoms with E-state index in [4.69, 9.17) is 4.74 Å². The second-order valence-corrected chi connectivity index (χ2v) is 6.15. The lowest BCUT2D eigenvalue weighted by atomic mass is 10.0. The van der Waals surface area contributed by atoms with Crippen LogP contribution in [0, 0.1) is 0 Å². The second-order valence-electron chi connectivity index (χ2n) is 5.23. The van der Waals surface area contributed by atoms with Gasteiger partial charge in [0.1, 0.15) is 6.10 Å². The number of halogens is 4. The van der Waals surface area contributed by atoms with Crippen molar-refractivity contribution in [3.8, 4) is 0 Å². The van der Waals surface area contributed by atoms with Crippen LogP contribution in [-0.2, 0) is 15.3 Å². The maximum Gasteiger partial charge on any atom is 0.294 e. The molecule has 7 heteroatoms. The fourth-order valence-corrected chi connectivity index (χ4v) is 2.73. The Morgan fingerprint density at radius 1 is 1.36 bits per heavy atom. The van der Waals surface area contributed by atoms with E-state index < -0.39 is 24.2 Å². The first-order chi connectivity index (χ1) is 10.4. The third-order valence-electron chi connectivity index (χ3n) is 3.81. The lowest BCUT2D eigenvalue weighted by Crippen LogP contribution is -2.53. The Kier molecular flexibility index (Phi) is 5.50. The van der Waals surface area contributed by atoms with Gasteiger partial charge >= 0.3 is 0 Å². The Hall–Kier alpha value is -1.08. The van der Waals surface area contributed by atoms with Crippen molar-refractivity contribution in [2.45, 2.75) is 37.6 Å². The van der Waals surface area contributed by atoms with Crippen LogP contribution in [-0.4, -0.2) is 37.0 Å². The van der Waals surface area contributed by atoms with Crippen molar-refractivity contribution in [3.05, 3.63) is 34.3 Å². The van der Waals surface area contributed by atoms with Crippen LogP contribution in [0.25, 0.3) is 0 Å². The molecule has 1 aliphatic heterocycles. The first-order valence-electron chi connectivity index (χ1n) is 6.99. The Balaban J connectivity index is 2.29. The number of alkyl halides is 3. The van der Waals surface area contributed by atoms with Gasteiger partial charge in [0.25, 0.3) is 18.1 Å². The van der Waals surface area contributed by atoms with Crippen LogP contribution in [0.2, 0.25) is 0 Å². The van der Waals surface area contributed by atoms with Crippen molar-refractivity contribution < 1.29 is 22.7 Å². The summed E-state index contributed by atoms with van der Waals surface area (Å²) in [5, 5.41) is 0. The van der Waals surface area contributed by atoms with Crippen LogP contribution in [0.4, 0.5) is 13.2 Å². The van der Waals surface area contributed by atoms with Crippen LogP contribution in [0.15, 0.2) is 28.7 Å². The number of hydrogen-bond acceptors (Lipinski definition) is 2. The molecule has 3 nitrogen and oxygen atoms in total. The molecular formula is C15H17BrF3NO2. The van der Waals surface area contributed by atoms with Crippen LogP contribution in [0.3, 0.4) is 0 Å². The Bertz CT molecular complexity index is 520. The average molecular weight is 380 g/mol. The summed E-state index contributed by atoms with van der Waals surface area (Å²) in [5.41, 5.74) is -0.266. The van der Waals surface area contributed by atoms with E-state index >= 15 is 4.39 Å². The van der Waals surface area contributed by atoms with Gasteiger partial charge in [0.15, 0.2) is 0 Å². The number of benzene rings is 1. The molecule has 1 heterocycles. The van der Waals surface area contributed by atoms with Gasteiger partial charge in [-0.1, -0.05) is 28.1 Å². The minimum absolute atomic E-state index is 0.266. The van der Waals surface area contributed by atoms with Gasteiger partial charge in [-0.2, -0.15) is 0 Å². The summed E-state index contributed by atoms with van der Waals surface area (Å²) in [6, 6.07) is 5.40. The zero-order chi connectivity index (χ0) is 16.3. The van der Waals surface area contributed by atoms with Crippen LogP contribution >= 0.6 is 15.9 Å². The highest BCUT2D eigenvalue weighted by Crippen LogP contribution is 2.37. The van der Waals surface area contributed by atoms with E-state index in [2.05, 4.69) is 15.9 Å². The summed E-state index contributed by atoms with van der Waals surface area (Å²) in [6.07, 6.45) is -2.23. The third kappa shape index (κ3) is 3.30. The predicted octanol–water partition coefficient (Wildman–Crippen LogP) is 3.86.